The molecule has 70 valence electrons. The summed E-state index contributed by atoms with van der Waals surface area (Å²) in [6, 6.07) is 4.27. The molecule has 0 aromatic heterocycles. The highest BCUT2D eigenvalue weighted by molar-refractivity contribution is 5.31. The van der Waals surface area contributed by atoms with Crippen molar-refractivity contribution in [2.75, 3.05) is 13.1 Å². The Morgan fingerprint density at radius 1 is 1.38 bits per heavy atom. The number of phenols is 1. The maximum atomic E-state index is 12.9. The number of benzene rings is 1. The second kappa shape index (κ2) is 3.34. The van der Waals surface area contributed by atoms with Crippen LogP contribution in [0.25, 0.3) is 0 Å². The van der Waals surface area contributed by atoms with Gasteiger partial charge in [0.1, 0.15) is 11.6 Å². The lowest BCUT2D eigenvalue weighted by atomic mass is 9.98. The smallest absolute Gasteiger partial charge is 0.127 e. The van der Waals surface area contributed by atoms with Crippen molar-refractivity contribution in [1.82, 2.24) is 5.32 Å². The van der Waals surface area contributed by atoms with Gasteiger partial charge in [-0.15, -0.1) is 0 Å². The van der Waals surface area contributed by atoms with Crippen molar-refractivity contribution < 1.29 is 9.50 Å². The fraction of sp³-hybridized carbons (Fsp3) is 0.400. The Kier molecular flexibility index (Phi) is 2.19. The molecule has 0 spiro atoms. The lowest BCUT2D eigenvalue weighted by molar-refractivity contribution is 0.467. The maximum Gasteiger partial charge on any atom is 0.127 e. The molecule has 1 aliphatic heterocycles. The second-order valence-electron chi connectivity index (χ2n) is 3.43. The molecule has 3 heteroatoms. The standard InChI is InChI=1S/C10H12FNO/c11-9-3-8(4-10(13)5-9)7-1-2-12-6-7/h3-5,7,12-13H,1-2,6H2. The summed E-state index contributed by atoms with van der Waals surface area (Å²) in [5.74, 6) is 0.00500. The molecule has 1 saturated heterocycles. The van der Waals surface area contributed by atoms with Gasteiger partial charge in [0.2, 0.25) is 0 Å². The normalized spacial score (nSPS) is 22.1. The molecule has 0 amide bonds. The summed E-state index contributed by atoms with van der Waals surface area (Å²) in [4.78, 5) is 0. The first-order valence-corrected chi connectivity index (χ1v) is 4.46. The summed E-state index contributed by atoms with van der Waals surface area (Å²) in [5, 5.41) is 12.4. The predicted octanol–water partition coefficient (Wildman–Crippen LogP) is 1.61. The van der Waals surface area contributed by atoms with Gasteiger partial charge in [0.05, 0.1) is 0 Å². The van der Waals surface area contributed by atoms with Crippen molar-refractivity contribution in [3.8, 4) is 5.75 Å². The number of halogens is 1. The molecular formula is C10H12FNO. The average Bonchev–Trinajstić information content (AvgIpc) is 2.53. The highest BCUT2D eigenvalue weighted by Gasteiger charge is 2.17. The first-order valence-electron chi connectivity index (χ1n) is 4.46. The first kappa shape index (κ1) is 8.51. The average molecular weight is 181 g/mol. The van der Waals surface area contributed by atoms with Crippen molar-refractivity contribution in [2.24, 2.45) is 0 Å². The Bertz CT molecular complexity index is 288. The molecular weight excluding hydrogens is 169 g/mol. The van der Waals surface area contributed by atoms with Gasteiger partial charge in [-0.3, -0.25) is 0 Å². The zero-order valence-corrected chi connectivity index (χ0v) is 7.26. The van der Waals surface area contributed by atoms with E-state index in [1.54, 1.807) is 6.07 Å². The van der Waals surface area contributed by atoms with Crippen LogP contribution in [0.5, 0.6) is 5.75 Å². The topological polar surface area (TPSA) is 32.3 Å². The zero-order valence-electron chi connectivity index (χ0n) is 7.26. The minimum absolute atomic E-state index is 0.0156. The number of aromatic hydroxyl groups is 1. The molecule has 1 atom stereocenters. The van der Waals surface area contributed by atoms with Crippen molar-refractivity contribution in [2.45, 2.75) is 12.3 Å². The van der Waals surface area contributed by atoms with Crippen LogP contribution in [0.2, 0.25) is 0 Å². The van der Waals surface area contributed by atoms with Crippen LogP contribution in [-0.2, 0) is 0 Å². The molecule has 1 aromatic carbocycles. The van der Waals surface area contributed by atoms with Crippen LogP contribution in [0.3, 0.4) is 0 Å². The van der Waals surface area contributed by atoms with Crippen LogP contribution in [0.4, 0.5) is 4.39 Å². The maximum absolute atomic E-state index is 12.9. The third kappa shape index (κ3) is 1.80. The van der Waals surface area contributed by atoms with E-state index in [-0.39, 0.29) is 11.6 Å². The Balaban J connectivity index is 2.28. The van der Waals surface area contributed by atoms with Gasteiger partial charge in [0, 0.05) is 12.6 Å². The second-order valence-corrected chi connectivity index (χ2v) is 3.43. The van der Waals surface area contributed by atoms with Crippen molar-refractivity contribution in [3.63, 3.8) is 0 Å². The zero-order chi connectivity index (χ0) is 9.26. The van der Waals surface area contributed by atoms with E-state index in [1.807, 2.05) is 0 Å². The Labute approximate surface area is 76.4 Å². The third-order valence-corrected chi connectivity index (χ3v) is 2.44. The molecule has 1 fully saturated rings. The van der Waals surface area contributed by atoms with Crippen molar-refractivity contribution >= 4 is 0 Å². The van der Waals surface area contributed by atoms with Gasteiger partial charge in [0.25, 0.3) is 0 Å². The van der Waals surface area contributed by atoms with Gasteiger partial charge in [-0.1, -0.05) is 0 Å². The van der Waals surface area contributed by atoms with E-state index in [0.717, 1.165) is 31.1 Å². The summed E-state index contributed by atoms with van der Waals surface area (Å²) in [6.07, 6.45) is 1.02. The summed E-state index contributed by atoms with van der Waals surface area (Å²) in [6.45, 7) is 1.85. The predicted molar refractivity (Wildman–Crippen MR) is 48.3 cm³/mol. The molecule has 2 nitrogen and oxygen atoms in total. The van der Waals surface area contributed by atoms with E-state index in [9.17, 15) is 9.50 Å². The number of rotatable bonds is 1. The van der Waals surface area contributed by atoms with E-state index in [0.29, 0.717) is 5.92 Å². The molecule has 0 saturated carbocycles. The molecule has 0 radical (unpaired) electrons. The Morgan fingerprint density at radius 3 is 2.85 bits per heavy atom. The molecule has 0 aliphatic carbocycles. The molecule has 1 aliphatic rings. The highest BCUT2D eigenvalue weighted by atomic mass is 19.1. The molecule has 2 rings (SSSR count). The molecule has 2 N–H and O–H groups in total. The fourth-order valence-electron chi connectivity index (χ4n) is 1.77. The summed E-state index contributed by atoms with van der Waals surface area (Å²) in [5.41, 5.74) is 0.891. The van der Waals surface area contributed by atoms with Gasteiger partial charge in [-0.2, -0.15) is 0 Å². The molecule has 1 aromatic rings. The lowest BCUT2D eigenvalue weighted by Crippen LogP contribution is -2.07. The van der Waals surface area contributed by atoms with Gasteiger partial charge < -0.3 is 10.4 Å². The van der Waals surface area contributed by atoms with E-state index in [2.05, 4.69) is 5.32 Å². The number of phenolic OH excluding ortho intramolecular Hbond substituents is 1. The van der Waals surface area contributed by atoms with Crippen molar-refractivity contribution in [1.29, 1.82) is 0 Å². The van der Waals surface area contributed by atoms with Crippen LogP contribution < -0.4 is 5.32 Å². The van der Waals surface area contributed by atoms with Gasteiger partial charge in [-0.25, -0.2) is 4.39 Å². The van der Waals surface area contributed by atoms with Gasteiger partial charge in [-0.05, 0) is 36.6 Å². The van der Waals surface area contributed by atoms with Crippen LogP contribution >= 0.6 is 0 Å². The summed E-state index contributed by atoms with van der Waals surface area (Å²) in [7, 11) is 0. The largest absolute Gasteiger partial charge is 0.508 e. The minimum Gasteiger partial charge on any atom is -0.508 e. The first-order chi connectivity index (χ1) is 6.25. The van der Waals surface area contributed by atoms with Crippen LogP contribution in [0.15, 0.2) is 18.2 Å². The molecule has 1 heterocycles. The van der Waals surface area contributed by atoms with Gasteiger partial charge >= 0.3 is 0 Å². The van der Waals surface area contributed by atoms with E-state index in [1.165, 1.54) is 6.07 Å². The summed E-state index contributed by atoms with van der Waals surface area (Å²) >= 11 is 0. The third-order valence-electron chi connectivity index (χ3n) is 2.44. The quantitative estimate of drug-likeness (QED) is 0.689. The monoisotopic (exact) mass is 181 g/mol. The van der Waals surface area contributed by atoms with Crippen LogP contribution in [-0.4, -0.2) is 18.2 Å². The number of hydrogen-bond donors (Lipinski definition) is 2. The fourth-order valence-corrected chi connectivity index (χ4v) is 1.77. The Hall–Kier alpha value is -1.09. The molecule has 0 bridgehead atoms. The van der Waals surface area contributed by atoms with Gasteiger partial charge in [0.15, 0.2) is 0 Å². The number of nitrogens with one attached hydrogen (secondary N) is 1. The highest BCUT2D eigenvalue weighted by Crippen LogP contribution is 2.26. The molecule has 1 unspecified atom stereocenters. The van der Waals surface area contributed by atoms with E-state index >= 15 is 0 Å². The Morgan fingerprint density at radius 2 is 2.23 bits per heavy atom. The molecule has 13 heavy (non-hydrogen) atoms. The van der Waals surface area contributed by atoms with Crippen LogP contribution in [0, 0.1) is 5.82 Å². The van der Waals surface area contributed by atoms with E-state index < -0.39 is 0 Å². The SMILES string of the molecule is Oc1cc(F)cc(C2CCNC2)c1. The van der Waals surface area contributed by atoms with Crippen LogP contribution in [0.1, 0.15) is 17.9 Å². The number of hydrogen-bond acceptors (Lipinski definition) is 2. The van der Waals surface area contributed by atoms with Crippen molar-refractivity contribution in [3.05, 3.63) is 29.6 Å². The lowest BCUT2D eigenvalue weighted by Gasteiger charge is -2.08. The van der Waals surface area contributed by atoms with E-state index in [4.69, 9.17) is 0 Å². The summed E-state index contributed by atoms with van der Waals surface area (Å²) < 4.78 is 12.9. The minimum atomic E-state index is -0.359.